The number of β-amino-alcohol motifs (C(OH)–C–C–N with tert-alkyl or cyclic N) is 1. The Morgan fingerprint density at radius 3 is 2.17 bits per heavy atom. The topological polar surface area (TPSA) is 165 Å². The molecule has 11 nitrogen and oxygen atoms in total. The fraction of sp³-hybridized carbons (Fsp3) is 0.735. The normalized spacial score (nSPS) is 25.3. The van der Waals surface area contributed by atoms with Gasteiger partial charge >= 0.3 is 0 Å². The van der Waals surface area contributed by atoms with Crippen LogP contribution in [0.2, 0.25) is 0 Å². The lowest BCUT2D eigenvalue weighted by molar-refractivity contribution is -0.136. The Balaban J connectivity index is 1.61. The second-order valence-corrected chi connectivity index (χ2v) is 18.0. The minimum Gasteiger partial charge on any atom is -0.390 e. The number of likely N-dealkylation sites (tertiary alicyclic amines) is 1. The maximum atomic E-state index is 14.0. The molecule has 2 saturated carbocycles. The summed E-state index contributed by atoms with van der Waals surface area (Å²) in [5, 5.41) is 30.7. The molecule has 4 rings (SSSR count). The number of rotatable bonds is 12. The number of carbonyl (C=O) groups is 3. The van der Waals surface area contributed by atoms with Gasteiger partial charge < -0.3 is 26.2 Å². The summed E-state index contributed by atoms with van der Waals surface area (Å²) in [5.41, 5.74) is -1.20. The predicted octanol–water partition coefficient (Wildman–Crippen LogP) is 1.70. The summed E-state index contributed by atoms with van der Waals surface area (Å²) in [5.74, 6) is -0.789. The van der Waals surface area contributed by atoms with Gasteiger partial charge in [0.15, 0.2) is 9.84 Å². The number of amides is 3. The number of aliphatic hydroxyl groups is 2. The van der Waals surface area contributed by atoms with E-state index in [4.69, 9.17) is 0 Å². The van der Waals surface area contributed by atoms with Gasteiger partial charge in [-0.05, 0) is 84.1 Å². The third-order valence-electron chi connectivity index (χ3n) is 10.2. The molecule has 6 atom stereocenters. The van der Waals surface area contributed by atoms with Crippen molar-refractivity contribution in [1.29, 1.82) is 0 Å². The van der Waals surface area contributed by atoms with E-state index in [0.29, 0.717) is 24.8 Å². The van der Waals surface area contributed by atoms with E-state index < -0.39 is 61.8 Å². The molecule has 3 aliphatic rings. The smallest absolute Gasteiger partial charge is 0.252 e. The van der Waals surface area contributed by atoms with Crippen LogP contribution < -0.4 is 16.0 Å². The van der Waals surface area contributed by atoms with Crippen LogP contribution >= 0.6 is 0 Å². The molecule has 1 aromatic carbocycles. The number of nitrogens with one attached hydrogen (secondary N) is 3. The summed E-state index contributed by atoms with van der Waals surface area (Å²) >= 11 is 0. The number of benzene rings is 1. The molecule has 5 N–H and O–H groups in total. The second kappa shape index (κ2) is 13.9. The molecular formula is C34H54N4O7S. The summed E-state index contributed by atoms with van der Waals surface area (Å²) in [6.07, 6.45) is 5.72. The highest BCUT2D eigenvalue weighted by Gasteiger charge is 2.52. The van der Waals surface area contributed by atoms with Gasteiger partial charge in [0.2, 0.25) is 11.8 Å². The number of hydrogen-bond acceptors (Lipinski definition) is 8. The van der Waals surface area contributed by atoms with Gasteiger partial charge in [-0.15, -0.1) is 0 Å². The van der Waals surface area contributed by atoms with Crippen LogP contribution in [0, 0.1) is 11.8 Å². The number of piperidine rings is 1. The summed E-state index contributed by atoms with van der Waals surface area (Å²) in [6, 6.07) is 6.49. The summed E-state index contributed by atoms with van der Waals surface area (Å²) in [4.78, 5) is 42.5. The number of fused-ring (bicyclic) bond motifs is 1. The maximum Gasteiger partial charge on any atom is 0.252 e. The zero-order valence-electron chi connectivity index (χ0n) is 28.2. The lowest BCUT2D eigenvalue weighted by Gasteiger charge is -2.47. The highest BCUT2D eigenvalue weighted by molar-refractivity contribution is 7.92. The van der Waals surface area contributed by atoms with E-state index in [9.17, 15) is 33.0 Å². The minimum absolute atomic E-state index is 0.0805. The van der Waals surface area contributed by atoms with Crippen molar-refractivity contribution in [3.8, 4) is 0 Å². The standard InChI is InChI=1S/C34H54N4O7S/c1-32(2,3)37-29(40)26-19-23-14-10-11-15-24(23)20-38(26)21-27(39)25(18-22-12-8-7-9-13-22)35-30(41)28(33(4,5)46(6,44)45)36-31(42)34(43)16-17-34/h7-9,12-13,23-28,39,43H,10-11,14-21H2,1-6H3,(H,35,41)(H,36,42)(H,37,40)/t23-,24+,25-,26-,27+,28+/m0/s1. The molecular weight excluding hydrogens is 608 g/mol. The molecule has 46 heavy (non-hydrogen) atoms. The van der Waals surface area contributed by atoms with Crippen molar-refractivity contribution >= 4 is 27.6 Å². The first-order valence-corrected chi connectivity index (χ1v) is 18.5. The van der Waals surface area contributed by atoms with Gasteiger partial charge in [0.05, 0.1) is 22.9 Å². The summed E-state index contributed by atoms with van der Waals surface area (Å²) in [6.45, 7) is 9.33. The van der Waals surface area contributed by atoms with Gasteiger partial charge in [0.25, 0.3) is 5.91 Å². The molecule has 0 bridgehead atoms. The third-order valence-corrected chi connectivity index (χ3v) is 12.3. The average molecular weight is 663 g/mol. The zero-order valence-corrected chi connectivity index (χ0v) is 29.0. The van der Waals surface area contributed by atoms with E-state index >= 15 is 0 Å². The van der Waals surface area contributed by atoms with Crippen LogP contribution in [0.1, 0.15) is 85.1 Å². The largest absolute Gasteiger partial charge is 0.390 e. The van der Waals surface area contributed by atoms with Crippen molar-refractivity contribution in [2.24, 2.45) is 11.8 Å². The molecule has 0 spiro atoms. The molecule has 1 aliphatic heterocycles. The summed E-state index contributed by atoms with van der Waals surface area (Å²) < 4.78 is 24.0. The van der Waals surface area contributed by atoms with Gasteiger partial charge in [0.1, 0.15) is 11.6 Å². The van der Waals surface area contributed by atoms with Crippen LogP contribution in [0.25, 0.3) is 0 Å². The number of nitrogens with zero attached hydrogens (tertiary/aromatic N) is 1. The SMILES string of the molecule is CC(C)(C)NC(=O)[C@@H]1C[C@@H]2CCCC[C@@H]2CN1C[C@@H](O)[C@H](Cc1ccccc1)NC(=O)[C@@H](NC(=O)C1(O)CC1)C(C)(C)S(C)(=O)=O. The Labute approximate surface area is 274 Å². The van der Waals surface area contributed by atoms with E-state index in [1.165, 1.54) is 13.8 Å². The zero-order chi connectivity index (χ0) is 34.1. The van der Waals surface area contributed by atoms with Crippen molar-refractivity contribution in [1.82, 2.24) is 20.9 Å². The van der Waals surface area contributed by atoms with Crippen LogP contribution in [0.4, 0.5) is 0 Å². The number of sulfone groups is 1. The second-order valence-electron chi connectivity index (χ2n) is 15.4. The van der Waals surface area contributed by atoms with Gasteiger partial charge in [-0.1, -0.05) is 49.6 Å². The number of hydrogen-bond donors (Lipinski definition) is 5. The Kier molecular flexibility index (Phi) is 11.0. The Hall–Kier alpha value is -2.54. The molecule has 0 aromatic heterocycles. The van der Waals surface area contributed by atoms with Crippen molar-refractivity contribution in [3.05, 3.63) is 35.9 Å². The monoisotopic (exact) mass is 662 g/mol. The quantitative estimate of drug-likeness (QED) is 0.226. The van der Waals surface area contributed by atoms with Gasteiger partial charge in [-0.25, -0.2) is 8.42 Å². The molecule has 12 heteroatoms. The fourth-order valence-corrected chi connectivity index (χ4v) is 7.39. The predicted molar refractivity (Wildman–Crippen MR) is 176 cm³/mol. The molecule has 1 saturated heterocycles. The lowest BCUT2D eigenvalue weighted by atomic mass is 9.72. The van der Waals surface area contributed by atoms with Crippen molar-refractivity contribution in [3.63, 3.8) is 0 Å². The van der Waals surface area contributed by atoms with E-state index in [1.54, 1.807) is 0 Å². The van der Waals surface area contributed by atoms with Crippen LogP contribution in [-0.4, -0.2) is 101 Å². The van der Waals surface area contributed by atoms with Crippen LogP contribution in [0.15, 0.2) is 30.3 Å². The molecule has 258 valence electrons. The van der Waals surface area contributed by atoms with Crippen molar-refractivity contribution in [2.75, 3.05) is 19.3 Å². The van der Waals surface area contributed by atoms with Crippen LogP contribution in [0.3, 0.4) is 0 Å². The molecule has 0 unspecified atom stereocenters. The highest BCUT2D eigenvalue weighted by atomic mass is 32.2. The van der Waals surface area contributed by atoms with E-state index in [-0.39, 0.29) is 31.7 Å². The van der Waals surface area contributed by atoms with Crippen molar-refractivity contribution < 1.29 is 33.0 Å². The number of aliphatic hydroxyl groups excluding tert-OH is 1. The first-order chi connectivity index (χ1) is 21.3. The van der Waals surface area contributed by atoms with E-state index in [0.717, 1.165) is 37.5 Å². The van der Waals surface area contributed by atoms with Gasteiger partial charge in [-0.3, -0.25) is 19.3 Å². The Morgan fingerprint density at radius 2 is 1.61 bits per heavy atom. The van der Waals surface area contributed by atoms with Crippen LogP contribution in [0.5, 0.6) is 0 Å². The Bertz CT molecular complexity index is 1360. The third kappa shape index (κ3) is 8.87. The van der Waals surface area contributed by atoms with Gasteiger partial charge in [-0.2, -0.15) is 0 Å². The molecule has 3 amide bonds. The molecule has 1 heterocycles. The van der Waals surface area contributed by atoms with Gasteiger partial charge in [0, 0.05) is 24.9 Å². The first kappa shape index (κ1) is 36.3. The Morgan fingerprint density at radius 1 is 1.00 bits per heavy atom. The molecule has 2 aliphatic carbocycles. The van der Waals surface area contributed by atoms with Crippen LogP contribution in [-0.2, 0) is 30.6 Å². The minimum atomic E-state index is -3.87. The first-order valence-electron chi connectivity index (χ1n) is 16.6. The average Bonchev–Trinajstić information content (AvgIpc) is 3.72. The highest BCUT2D eigenvalue weighted by Crippen LogP contribution is 2.39. The summed E-state index contributed by atoms with van der Waals surface area (Å²) in [7, 11) is -3.87. The molecule has 3 fully saturated rings. The van der Waals surface area contributed by atoms with Crippen molar-refractivity contribution in [2.45, 2.75) is 126 Å². The molecule has 1 aromatic rings. The van der Waals surface area contributed by atoms with E-state index in [2.05, 4.69) is 16.0 Å². The fourth-order valence-electron chi connectivity index (χ4n) is 6.79. The lowest BCUT2D eigenvalue weighted by Crippen LogP contribution is -2.65. The number of carbonyl (C=O) groups excluding carboxylic acids is 3. The van der Waals surface area contributed by atoms with E-state index in [1.807, 2.05) is 56.0 Å². The maximum absolute atomic E-state index is 14.0. The molecule has 0 radical (unpaired) electrons.